The molecule has 2 aromatic carbocycles. The van der Waals surface area contributed by atoms with E-state index in [1.807, 2.05) is 24.3 Å². The molecule has 2 fully saturated rings. The second-order valence-electron chi connectivity index (χ2n) is 18.0. The summed E-state index contributed by atoms with van der Waals surface area (Å²) in [4.78, 5) is 40.3. The topological polar surface area (TPSA) is 148 Å². The number of carbonyl (C=O) groups excluding carboxylic acids is 3. The van der Waals surface area contributed by atoms with Crippen LogP contribution in [0, 0.1) is 0 Å². The number of aliphatic hydroxyl groups excluding tert-OH is 1. The number of nitrogens with one attached hydrogen (secondary N) is 1. The van der Waals surface area contributed by atoms with Crippen molar-refractivity contribution in [3.63, 3.8) is 0 Å². The minimum Gasteiger partial charge on any atom is -0.494 e. The maximum Gasteiger partial charge on any atom is 0.306 e. The van der Waals surface area contributed by atoms with Gasteiger partial charge in [-0.25, -0.2) is 0 Å². The third kappa shape index (κ3) is 22.5. The predicted molar refractivity (Wildman–Crippen MR) is 253 cm³/mol. The van der Waals surface area contributed by atoms with Gasteiger partial charge in [0.1, 0.15) is 35.9 Å². The monoisotopic (exact) mass is 949 g/mol. The van der Waals surface area contributed by atoms with Crippen LogP contribution in [0.5, 0.6) is 11.5 Å². The summed E-state index contributed by atoms with van der Waals surface area (Å²) < 4.78 is 41.5. The van der Waals surface area contributed by atoms with Crippen LogP contribution in [0.3, 0.4) is 0 Å². The van der Waals surface area contributed by atoms with Gasteiger partial charge < -0.3 is 43.6 Å². The minimum absolute atomic E-state index is 0.103. The minimum atomic E-state index is -1.50. The molecule has 0 aromatic heterocycles. The predicted octanol–water partition coefficient (Wildman–Crippen LogP) is 11.6. The molecule has 2 aliphatic heterocycles. The standard InChI is InChI=1S/C51H77Cl2NO11/c1-4-5-6-7-8-9-10-13-18-23-42(62-45(56)24-19-14-11-16-21-34-59-40-30-26-38(52)27-31-40)36-44(55)54-47-49(48-43(63-50(47)58)37-61-51(2,3)65-48)64-46(57)25-20-15-12-17-22-35-60-41-32-28-39(53)29-33-41/h26-33,42-43,47-50,58H,4-25,34-37H2,1-3H3,(H,54,55)/t42-,43+,47+,48+,49+,50+/m0/s1. The van der Waals surface area contributed by atoms with E-state index in [1.165, 1.54) is 32.1 Å². The number of aliphatic hydroxyl groups is 1. The molecule has 2 heterocycles. The summed E-state index contributed by atoms with van der Waals surface area (Å²) in [6.07, 6.45) is 15.1. The van der Waals surface area contributed by atoms with Crippen LogP contribution >= 0.6 is 23.2 Å². The molecule has 366 valence electrons. The molecule has 14 heteroatoms. The number of amides is 1. The Hall–Kier alpha value is -3.13. The van der Waals surface area contributed by atoms with Crippen LogP contribution in [-0.2, 0) is 38.1 Å². The Morgan fingerprint density at radius 2 is 1.20 bits per heavy atom. The van der Waals surface area contributed by atoms with Crippen molar-refractivity contribution >= 4 is 41.0 Å². The van der Waals surface area contributed by atoms with Crippen molar-refractivity contribution in [1.82, 2.24) is 5.32 Å². The van der Waals surface area contributed by atoms with Gasteiger partial charge in [-0.3, -0.25) is 14.4 Å². The van der Waals surface area contributed by atoms with Crippen molar-refractivity contribution in [2.24, 2.45) is 0 Å². The third-order valence-electron chi connectivity index (χ3n) is 11.8. The Morgan fingerprint density at radius 1 is 0.708 bits per heavy atom. The van der Waals surface area contributed by atoms with Gasteiger partial charge in [-0.05, 0) is 101 Å². The van der Waals surface area contributed by atoms with Gasteiger partial charge >= 0.3 is 11.9 Å². The number of ether oxygens (including phenoxy) is 7. The van der Waals surface area contributed by atoms with Gasteiger partial charge in [0, 0.05) is 22.9 Å². The molecular formula is C51H77Cl2NO11. The molecule has 0 saturated carbocycles. The van der Waals surface area contributed by atoms with Crippen molar-refractivity contribution in [1.29, 1.82) is 0 Å². The zero-order chi connectivity index (χ0) is 46.7. The van der Waals surface area contributed by atoms with Crippen LogP contribution in [-0.4, -0.2) is 85.3 Å². The summed E-state index contributed by atoms with van der Waals surface area (Å²) in [7, 11) is 0. The van der Waals surface area contributed by atoms with Crippen LogP contribution in [0.25, 0.3) is 0 Å². The fraction of sp³-hybridized carbons (Fsp3) is 0.706. The maximum absolute atomic E-state index is 13.8. The largest absolute Gasteiger partial charge is 0.494 e. The van der Waals surface area contributed by atoms with E-state index in [0.717, 1.165) is 88.5 Å². The number of hydrogen-bond acceptors (Lipinski definition) is 11. The highest BCUT2D eigenvalue weighted by molar-refractivity contribution is 6.30. The Bertz CT molecular complexity index is 1630. The lowest BCUT2D eigenvalue weighted by molar-refractivity contribution is -0.365. The van der Waals surface area contributed by atoms with Crippen LogP contribution in [0.1, 0.15) is 168 Å². The second-order valence-corrected chi connectivity index (χ2v) is 18.9. The fourth-order valence-corrected chi connectivity index (χ4v) is 8.42. The third-order valence-corrected chi connectivity index (χ3v) is 12.3. The normalized spacial score (nSPS) is 20.6. The molecular weight excluding hydrogens is 873 g/mol. The summed E-state index contributed by atoms with van der Waals surface area (Å²) in [5.74, 6) is -0.664. The van der Waals surface area contributed by atoms with E-state index in [1.54, 1.807) is 38.1 Å². The Labute approximate surface area is 398 Å². The molecule has 0 aliphatic carbocycles. The SMILES string of the molecule is CCCCCCCCCCC[C@@H](CC(=O)N[C@@H]1[C@@H](OC(=O)CCCCCCCOc2ccc(Cl)cc2)[C@@H]2OC(C)(C)OC[C@H]2O[C@H]1O)OC(=O)CCCCCCCOc1ccc(Cl)cc1. The number of hydrogen-bond donors (Lipinski definition) is 2. The number of rotatable bonds is 33. The molecule has 0 bridgehead atoms. The Morgan fingerprint density at radius 3 is 1.75 bits per heavy atom. The molecule has 2 aliphatic rings. The first-order valence-corrected chi connectivity index (χ1v) is 25.3. The van der Waals surface area contributed by atoms with Gasteiger partial charge in [0.15, 0.2) is 18.2 Å². The first kappa shape index (κ1) is 54.5. The van der Waals surface area contributed by atoms with E-state index in [2.05, 4.69) is 12.2 Å². The molecule has 4 rings (SSSR count). The van der Waals surface area contributed by atoms with E-state index in [0.29, 0.717) is 42.5 Å². The van der Waals surface area contributed by atoms with Crippen molar-refractivity contribution in [3.05, 3.63) is 58.6 Å². The van der Waals surface area contributed by atoms with E-state index in [-0.39, 0.29) is 31.8 Å². The molecule has 0 unspecified atom stereocenters. The average Bonchev–Trinajstić information content (AvgIpc) is 3.27. The lowest BCUT2D eigenvalue weighted by Gasteiger charge is -2.49. The smallest absolute Gasteiger partial charge is 0.306 e. The maximum atomic E-state index is 13.8. The van der Waals surface area contributed by atoms with Gasteiger partial charge in [-0.15, -0.1) is 0 Å². The first-order valence-electron chi connectivity index (χ1n) is 24.5. The van der Waals surface area contributed by atoms with Crippen LogP contribution < -0.4 is 14.8 Å². The zero-order valence-corrected chi connectivity index (χ0v) is 40.8. The zero-order valence-electron chi connectivity index (χ0n) is 39.3. The number of unbranched alkanes of at least 4 members (excludes halogenated alkanes) is 16. The van der Waals surface area contributed by atoms with Gasteiger partial charge in [0.25, 0.3) is 0 Å². The summed E-state index contributed by atoms with van der Waals surface area (Å²) in [6.45, 7) is 7.05. The average molecular weight is 951 g/mol. The van der Waals surface area contributed by atoms with E-state index < -0.39 is 54.4 Å². The molecule has 2 saturated heterocycles. The number of fused-ring (bicyclic) bond motifs is 1. The Balaban J connectivity index is 1.25. The number of esters is 2. The fourth-order valence-electron chi connectivity index (χ4n) is 8.17. The Kier molecular flexibility index (Phi) is 26.0. The van der Waals surface area contributed by atoms with E-state index in [4.69, 9.17) is 56.4 Å². The summed E-state index contributed by atoms with van der Waals surface area (Å²) in [5, 5.41) is 15.5. The van der Waals surface area contributed by atoms with E-state index in [9.17, 15) is 19.5 Å². The second kappa shape index (κ2) is 31.0. The van der Waals surface area contributed by atoms with Crippen molar-refractivity contribution in [2.75, 3.05) is 19.8 Å². The van der Waals surface area contributed by atoms with Crippen molar-refractivity contribution in [3.8, 4) is 11.5 Å². The molecule has 2 aromatic rings. The number of carbonyl (C=O) groups is 3. The molecule has 1 amide bonds. The highest BCUT2D eigenvalue weighted by Crippen LogP contribution is 2.34. The van der Waals surface area contributed by atoms with Gasteiger partial charge in [-0.2, -0.15) is 0 Å². The molecule has 12 nitrogen and oxygen atoms in total. The van der Waals surface area contributed by atoms with Crippen molar-refractivity contribution < 1.29 is 52.6 Å². The molecule has 0 radical (unpaired) electrons. The quantitative estimate of drug-likeness (QED) is 0.0520. The molecule has 0 spiro atoms. The molecule has 6 atom stereocenters. The summed E-state index contributed by atoms with van der Waals surface area (Å²) >= 11 is 11.9. The number of halogens is 2. The van der Waals surface area contributed by atoms with E-state index >= 15 is 0 Å². The molecule has 2 N–H and O–H groups in total. The van der Waals surface area contributed by atoms with Gasteiger partial charge in [0.05, 0.1) is 26.2 Å². The summed E-state index contributed by atoms with van der Waals surface area (Å²) in [6, 6.07) is 13.5. The highest BCUT2D eigenvalue weighted by Gasteiger charge is 2.53. The van der Waals surface area contributed by atoms with Crippen LogP contribution in [0.15, 0.2) is 48.5 Å². The molecule has 65 heavy (non-hydrogen) atoms. The highest BCUT2D eigenvalue weighted by atomic mass is 35.5. The lowest BCUT2D eigenvalue weighted by atomic mass is 9.94. The lowest BCUT2D eigenvalue weighted by Crippen LogP contribution is -2.69. The van der Waals surface area contributed by atoms with Crippen LogP contribution in [0.2, 0.25) is 10.0 Å². The van der Waals surface area contributed by atoms with Crippen molar-refractivity contribution in [2.45, 2.75) is 211 Å². The first-order chi connectivity index (χ1) is 31.4. The summed E-state index contributed by atoms with van der Waals surface area (Å²) in [5.41, 5.74) is 0. The van der Waals surface area contributed by atoms with Gasteiger partial charge in [-0.1, -0.05) is 120 Å². The van der Waals surface area contributed by atoms with Crippen LogP contribution in [0.4, 0.5) is 0 Å². The van der Waals surface area contributed by atoms with Gasteiger partial charge in [0.2, 0.25) is 5.91 Å². The number of benzene rings is 2.